The van der Waals surface area contributed by atoms with Gasteiger partial charge in [-0.2, -0.15) is 0 Å². The first-order valence-corrected chi connectivity index (χ1v) is 13.9. The minimum Gasteiger partial charge on any atom is -0.361 e. The monoisotopic (exact) mass is 538 g/mol. The molecule has 1 aromatic heterocycles. The maximum Gasteiger partial charge on any atom is 0.175 e. The first kappa shape index (κ1) is 24.6. The summed E-state index contributed by atoms with van der Waals surface area (Å²) in [6.45, 7) is 4.19. The second-order valence-electron chi connectivity index (χ2n) is 9.39. The molecule has 0 fully saturated rings. The molecule has 2 N–H and O–H groups in total. The molecule has 0 saturated heterocycles. The zero-order valence-electron chi connectivity index (χ0n) is 19.9. The maximum absolute atomic E-state index is 11.9. The van der Waals surface area contributed by atoms with Crippen LogP contribution in [-0.4, -0.2) is 36.0 Å². The average Bonchev–Trinajstić information content (AvgIpc) is 3.43. The number of aromatic amines is 1. The average molecular weight is 539 g/mol. The van der Waals surface area contributed by atoms with E-state index in [1.165, 1.54) is 6.26 Å². The molecule has 0 radical (unpaired) electrons. The molecule has 1 aliphatic heterocycles. The predicted molar refractivity (Wildman–Crippen MR) is 146 cm³/mol. The van der Waals surface area contributed by atoms with Gasteiger partial charge in [-0.05, 0) is 54.8 Å². The molecule has 3 aromatic carbocycles. The van der Waals surface area contributed by atoms with Crippen molar-refractivity contribution in [1.29, 1.82) is 0 Å². The number of hydrogen-bond donors (Lipinski definition) is 2. The van der Waals surface area contributed by atoms with Crippen molar-refractivity contribution in [1.82, 2.24) is 15.3 Å². The van der Waals surface area contributed by atoms with Gasteiger partial charge in [-0.1, -0.05) is 65.7 Å². The van der Waals surface area contributed by atoms with E-state index in [2.05, 4.69) is 29.1 Å². The highest BCUT2D eigenvalue weighted by Gasteiger charge is 2.38. The Labute approximate surface area is 220 Å². The van der Waals surface area contributed by atoms with Crippen molar-refractivity contribution in [2.75, 3.05) is 6.26 Å². The van der Waals surface area contributed by atoms with Gasteiger partial charge in [-0.25, -0.2) is 13.4 Å². The molecule has 1 aliphatic rings. The number of sulfone groups is 1. The third-order valence-corrected chi connectivity index (χ3v) is 7.97. The normalized spacial score (nSPS) is 17.0. The number of nitrogens with zero attached hydrogens (tertiary/aromatic N) is 2. The van der Waals surface area contributed by atoms with Gasteiger partial charge >= 0.3 is 0 Å². The molecular formula is C27H24Cl2N4O2S. The van der Waals surface area contributed by atoms with Gasteiger partial charge in [0.25, 0.3) is 0 Å². The highest BCUT2D eigenvalue weighted by molar-refractivity contribution is 7.90. The van der Waals surface area contributed by atoms with Gasteiger partial charge in [-0.3, -0.25) is 4.99 Å². The van der Waals surface area contributed by atoms with E-state index in [0.29, 0.717) is 32.2 Å². The lowest BCUT2D eigenvalue weighted by molar-refractivity contribution is 0.410. The van der Waals surface area contributed by atoms with Crippen LogP contribution in [0.2, 0.25) is 10.0 Å². The van der Waals surface area contributed by atoms with Gasteiger partial charge < -0.3 is 10.3 Å². The zero-order chi connectivity index (χ0) is 25.7. The zero-order valence-corrected chi connectivity index (χ0v) is 22.2. The SMILES string of the molecule is CC1(C)NC(c2cnc(-c3c(Cl)cccc3Cl)[nH]2)=N[C@@H]1c1ccc(-c2cccc(S(C)(=O)=O)c2)cc1. The summed E-state index contributed by atoms with van der Waals surface area (Å²) in [5, 5.41) is 4.54. The Morgan fingerprint density at radius 2 is 1.58 bits per heavy atom. The molecule has 0 bridgehead atoms. The van der Waals surface area contributed by atoms with E-state index in [0.717, 1.165) is 22.4 Å². The predicted octanol–water partition coefficient (Wildman–Crippen LogP) is 6.32. The summed E-state index contributed by atoms with van der Waals surface area (Å²) in [6.07, 6.45) is 2.93. The molecule has 36 heavy (non-hydrogen) atoms. The Morgan fingerprint density at radius 3 is 2.25 bits per heavy atom. The smallest absolute Gasteiger partial charge is 0.175 e. The molecule has 1 atom stereocenters. The standard InChI is InChI=1S/C27H24Cl2N4O2S/c1-27(2)24(17-12-10-16(11-13-17)18-6-4-7-19(14-18)36(3,34)35)32-25(33-27)22-15-30-26(31-22)23-20(28)8-5-9-21(23)29/h4-15,24H,1-3H3,(H,30,31)(H,32,33)/t24-/m1/s1. The van der Waals surface area contributed by atoms with E-state index in [9.17, 15) is 8.42 Å². The summed E-state index contributed by atoms with van der Waals surface area (Å²) in [5.41, 5.74) is 3.87. The lowest BCUT2D eigenvalue weighted by atomic mass is 9.89. The summed E-state index contributed by atoms with van der Waals surface area (Å²) in [6, 6.07) is 20.2. The first-order valence-electron chi connectivity index (χ1n) is 11.3. The number of imidazole rings is 1. The summed E-state index contributed by atoms with van der Waals surface area (Å²) >= 11 is 12.7. The van der Waals surface area contributed by atoms with Crippen LogP contribution in [0.15, 0.2) is 82.8 Å². The van der Waals surface area contributed by atoms with Crippen molar-refractivity contribution in [3.8, 4) is 22.5 Å². The van der Waals surface area contributed by atoms with Crippen LogP contribution in [0.5, 0.6) is 0 Å². The maximum atomic E-state index is 11.9. The van der Waals surface area contributed by atoms with Crippen LogP contribution < -0.4 is 5.32 Å². The van der Waals surface area contributed by atoms with Gasteiger partial charge in [0.2, 0.25) is 0 Å². The van der Waals surface area contributed by atoms with Crippen LogP contribution in [-0.2, 0) is 9.84 Å². The first-order chi connectivity index (χ1) is 17.0. The van der Waals surface area contributed by atoms with Crippen LogP contribution in [0, 0.1) is 0 Å². The van der Waals surface area contributed by atoms with Crippen LogP contribution in [0.1, 0.15) is 31.1 Å². The molecule has 0 spiro atoms. The number of hydrogen-bond acceptors (Lipinski definition) is 5. The Hall–Kier alpha value is -3.13. The lowest BCUT2D eigenvalue weighted by Crippen LogP contribution is -2.41. The number of nitrogens with one attached hydrogen (secondary N) is 2. The van der Waals surface area contributed by atoms with E-state index in [-0.39, 0.29) is 11.6 Å². The van der Waals surface area contributed by atoms with Gasteiger partial charge in [0.05, 0.1) is 38.3 Å². The van der Waals surface area contributed by atoms with Crippen molar-refractivity contribution in [2.24, 2.45) is 4.99 Å². The quantitative estimate of drug-likeness (QED) is 0.311. The molecule has 4 aromatic rings. The molecule has 0 unspecified atom stereocenters. The fraction of sp³-hybridized carbons (Fsp3) is 0.185. The van der Waals surface area contributed by atoms with Gasteiger partial charge in [-0.15, -0.1) is 0 Å². The van der Waals surface area contributed by atoms with Gasteiger partial charge in [0.15, 0.2) is 9.84 Å². The van der Waals surface area contributed by atoms with Crippen molar-refractivity contribution in [3.63, 3.8) is 0 Å². The number of benzene rings is 3. The molecule has 2 heterocycles. The highest BCUT2D eigenvalue weighted by atomic mass is 35.5. The number of H-pyrrole nitrogens is 1. The van der Waals surface area contributed by atoms with Crippen LogP contribution >= 0.6 is 23.2 Å². The number of aromatic nitrogens is 2. The summed E-state index contributed by atoms with van der Waals surface area (Å²) in [4.78, 5) is 13.0. The molecule has 0 saturated carbocycles. The molecule has 184 valence electrons. The molecular weight excluding hydrogens is 515 g/mol. The second-order valence-corrected chi connectivity index (χ2v) is 12.2. The minimum atomic E-state index is -3.27. The van der Waals surface area contributed by atoms with E-state index < -0.39 is 9.84 Å². The van der Waals surface area contributed by atoms with E-state index in [4.69, 9.17) is 28.2 Å². The van der Waals surface area contributed by atoms with Crippen LogP contribution in [0.25, 0.3) is 22.5 Å². The third-order valence-electron chi connectivity index (χ3n) is 6.23. The Kier molecular flexibility index (Phi) is 6.19. The number of halogens is 2. The molecule has 0 amide bonds. The second kappa shape index (κ2) is 9.07. The Morgan fingerprint density at radius 1 is 0.917 bits per heavy atom. The summed E-state index contributed by atoms with van der Waals surface area (Å²) in [5.74, 6) is 1.28. The Bertz CT molecular complexity index is 1570. The van der Waals surface area contributed by atoms with Crippen molar-refractivity contribution in [3.05, 3.63) is 94.2 Å². The molecule has 9 heteroatoms. The summed E-state index contributed by atoms with van der Waals surface area (Å²) in [7, 11) is -3.27. The van der Waals surface area contributed by atoms with Crippen molar-refractivity contribution in [2.45, 2.75) is 30.3 Å². The Balaban J connectivity index is 1.44. The largest absolute Gasteiger partial charge is 0.361 e. The van der Waals surface area contributed by atoms with Crippen LogP contribution in [0.3, 0.4) is 0 Å². The third kappa shape index (κ3) is 4.66. The number of amidine groups is 1. The van der Waals surface area contributed by atoms with E-state index in [1.807, 2.05) is 30.3 Å². The molecule has 6 nitrogen and oxygen atoms in total. The van der Waals surface area contributed by atoms with Gasteiger partial charge in [0.1, 0.15) is 17.4 Å². The van der Waals surface area contributed by atoms with Gasteiger partial charge in [0, 0.05) is 6.26 Å². The topological polar surface area (TPSA) is 87.2 Å². The molecule has 0 aliphatic carbocycles. The van der Waals surface area contributed by atoms with Crippen LogP contribution in [0.4, 0.5) is 0 Å². The van der Waals surface area contributed by atoms with E-state index in [1.54, 1.807) is 42.6 Å². The fourth-order valence-electron chi connectivity index (χ4n) is 4.38. The van der Waals surface area contributed by atoms with Crippen molar-refractivity contribution >= 4 is 38.9 Å². The van der Waals surface area contributed by atoms with Crippen molar-refractivity contribution < 1.29 is 8.42 Å². The molecule has 5 rings (SSSR count). The summed E-state index contributed by atoms with van der Waals surface area (Å²) < 4.78 is 23.9. The minimum absolute atomic E-state index is 0.139. The fourth-order valence-corrected chi connectivity index (χ4v) is 5.62. The number of aliphatic imine (C=N–C) groups is 1. The lowest BCUT2D eigenvalue weighted by Gasteiger charge is -2.26. The number of rotatable bonds is 5. The highest BCUT2D eigenvalue weighted by Crippen LogP contribution is 2.37. The van der Waals surface area contributed by atoms with E-state index >= 15 is 0 Å².